The molecule has 2 rings (SSSR count). The fourth-order valence-corrected chi connectivity index (χ4v) is 2.03. The molecule has 2 nitrogen and oxygen atoms in total. The molecule has 0 radical (unpaired) electrons. The first kappa shape index (κ1) is 13.0. The topological polar surface area (TPSA) is 52.0 Å². The Kier molecular flexibility index (Phi) is 3.97. The summed E-state index contributed by atoms with van der Waals surface area (Å²) < 4.78 is 13.7. The van der Waals surface area contributed by atoms with Gasteiger partial charge in [0.2, 0.25) is 0 Å². The quantitative estimate of drug-likeness (QED) is 0.895. The van der Waals surface area contributed by atoms with E-state index in [4.69, 9.17) is 23.1 Å². The van der Waals surface area contributed by atoms with Crippen molar-refractivity contribution in [2.75, 3.05) is 0 Å². The van der Waals surface area contributed by atoms with Crippen LogP contribution in [0, 0.1) is 5.82 Å². The first-order chi connectivity index (χ1) is 8.61. The molecule has 0 aliphatic heterocycles. The molecule has 4 heteroatoms. The summed E-state index contributed by atoms with van der Waals surface area (Å²) in [5.74, 6) is -0.356. The monoisotopic (exact) mass is 264 g/mol. The van der Waals surface area contributed by atoms with Crippen LogP contribution in [0.15, 0.2) is 42.5 Å². The molecule has 2 aromatic carbocycles. The maximum absolute atomic E-state index is 13.7. The average molecular weight is 265 g/mol. The Bertz CT molecular complexity index is 557. The Morgan fingerprint density at radius 2 is 1.94 bits per heavy atom. The van der Waals surface area contributed by atoms with Gasteiger partial charge in [0.1, 0.15) is 5.82 Å². The zero-order chi connectivity index (χ0) is 13.1. The van der Waals surface area contributed by atoms with E-state index in [1.165, 1.54) is 12.1 Å². The normalized spacial score (nSPS) is 12.4. The first-order valence-electron chi connectivity index (χ1n) is 5.61. The van der Waals surface area contributed by atoms with Crippen LogP contribution < -0.4 is 11.5 Å². The Morgan fingerprint density at radius 1 is 1.17 bits per heavy atom. The second-order valence-corrected chi connectivity index (χ2v) is 4.53. The number of benzene rings is 2. The molecule has 0 bridgehead atoms. The summed E-state index contributed by atoms with van der Waals surface area (Å²) in [6, 6.07) is 11.3. The van der Waals surface area contributed by atoms with Crippen LogP contribution in [0.2, 0.25) is 5.02 Å². The van der Waals surface area contributed by atoms with Crippen LogP contribution in [0.3, 0.4) is 0 Å². The Hall–Kier alpha value is -1.42. The standard InChI is InChI=1S/C14H14ClFN2/c15-11-4-5-13(16)12(7-11)14(18)10-3-1-2-9(6-10)8-17/h1-7,14H,8,17-18H2. The molecule has 0 aliphatic carbocycles. The molecule has 1 unspecified atom stereocenters. The molecule has 0 fully saturated rings. The first-order valence-corrected chi connectivity index (χ1v) is 5.99. The molecule has 4 N–H and O–H groups in total. The molecule has 0 aromatic heterocycles. The summed E-state index contributed by atoms with van der Waals surface area (Å²) in [7, 11) is 0. The van der Waals surface area contributed by atoms with E-state index >= 15 is 0 Å². The second kappa shape index (κ2) is 5.48. The van der Waals surface area contributed by atoms with E-state index in [0.29, 0.717) is 17.1 Å². The van der Waals surface area contributed by atoms with E-state index < -0.39 is 6.04 Å². The van der Waals surface area contributed by atoms with Gasteiger partial charge in [0, 0.05) is 17.1 Å². The predicted octanol–water partition coefficient (Wildman–Crippen LogP) is 2.99. The molecule has 0 heterocycles. The minimum absolute atomic E-state index is 0.356. The summed E-state index contributed by atoms with van der Waals surface area (Å²) in [5.41, 5.74) is 13.8. The zero-order valence-electron chi connectivity index (χ0n) is 9.74. The number of nitrogens with two attached hydrogens (primary N) is 2. The minimum Gasteiger partial charge on any atom is -0.326 e. The van der Waals surface area contributed by atoms with Crippen molar-refractivity contribution in [1.82, 2.24) is 0 Å². The second-order valence-electron chi connectivity index (χ2n) is 4.09. The molecule has 0 saturated heterocycles. The average Bonchev–Trinajstić information content (AvgIpc) is 2.41. The zero-order valence-corrected chi connectivity index (χ0v) is 10.5. The van der Waals surface area contributed by atoms with Crippen LogP contribution in [0.5, 0.6) is 0 Å². The van der Waals surface area contributed by atoms with Crippen LogP contribution in [0.25, 0.3) is 0 Å². The van der Waals surface area contributed by atoms with Crippen molar-refractivity contribution >= 4 is 11.6 Å². The van der Waals surface area contributed by atoms with E-state index in [9.17, 15) is 4.39 Å². The molecule has 94 valence electrons. The Balaban J connectivity index is 2.40. The molecule has 0 saturated carbocycles. The number of hydrogen-bond acceptors (Lipinski definition) is 2. The van der Waals surface area contributed by atoms with Gasteiger partial charge in [0.15, 0.2) is 0 Å². The van der Waals surface area contributed by atoms with Gasteiger partial charge < -0.3 is 11.5 Å². The van der Waals surface area contributed by atoms with E-state index in [0.717, 1.165) is 11.1 Å². The molecule has 0 aliphatic rings. The lowest BCUT2D eigenvalue weighted by Gasteiger charge is -2.14. The fraction of sp³-hybridized carbons (Fsp3) is 0.143. The van der Waals surface area contributed by atoms with Gasteiger partial charge in [-0.25, -0.2) is 4.39 Å². The molecule has 1 atom stereocenters. The Labute approximate surface area is 110 Å². The van der Waals surface area contributed by atoms with Crippen molar-refractivity contribution in [3.05, 3.63) is 70.0 Å². The SMILES string of the molecule is NCc1cccc(C(N)c2cc(Cl)ccc2F)c1. The van der Waals surface area contributed by atoms with Gasteiger partial charge in [-0.05, 0) is 29.3 Å². The van der Waals surface area contributed by atoms with Crippen LogP contribution >= 0.6 is 11.6 Å². The van der Waals surface area contributed by atoms with Gasteiger partial charge in [-0.2, -0.15) is 0 Å². The van der Waals surface area contributed by atoms with Crippen LogP contribution in [-0.4, -0.2) is 0 Å². The third-order valence-corrected chi connectivity index (χ3v) is 3.07. The van der Waals surface area contributed by atoms with Crippen molar-refractivity contribution in [2.24, 2.45) is 11.5 Å². The van der Waals surface area contributed by atoms with E-state index in [1.807, 2.05) is 24.3 Å². The van der Waals surface area contributed by atoms with Crippen LogP contribution in [0.1, 0.15) is 22.7 Å². The van der Waals surface area contributed by atoms with E-state index in [1.54, 1.807) is 6.07 Å². The highest BCUT2D eigenvalue weighted by atomic mass is 35.5. The molecular weight excluding hydrogens is 251 g/mol. The van der Waals surface area contributed by atoms with Gasteiger partial charge in [0.25, 0.3) is 0 Å². The smallest absolute Gasteiger partial charge is 0.128 e. The summed E-state index contributed by atoms with van der Waals surface area (Å²) >= 11 is 5.86. The van der Waals surface area contributed by atoms with E-state index in [2.05, 4.69) is 0 Å². The van der Waals surface area contributed by atoms with Gasteiger partial charge in [-0.3, -0.25) is 0 Å². The Morgan fingerprint density at radius 3 is 2.67 bits per heavy atom. The summed E-state index contributed by atoms with van der Waals surface area (Å²) in [4.78, 5) is 0. The van der Waals surface area contributed by atoms with Gasteiger partial charge in [0.05, 0.1) is 6.04 Å². The molecule has 0 amide bonds. The fourth-order valence-electron chi connectivity index (χ4n) is 1.85. The molecular formula is C14H14ClFN2. The lowest BCUT2D eigenvalue weighted by molar-refractivity contribution is 0.599. The third kappa shape index (κ3) is 2.70. The highest BCUT2D eigenvalue weighted by Crippen LogP contribution is 2.25. The van der Waals surface area contributed by atoms with Gasteiger partial charge >= 0.3 is 0 Å². The molecule has 0 spiro atoms. The predicted molar refractivity (Wildman–Crippen MR) is 71.8 cm³/mol. The lowest BCUT2D eigenvalue weighted by Crippen LogP contribution is -2.14. The van der Waals surface area contributed by atoms with Crippen molar-refractivity contribution in [2.45, 2.75) is 12.6 Å². The van der Waals surface area contributed by atoms with Crippen molar-refractivity contribution in [1.29, 1.82) is 0 Å². The maximum atomic E-state index is 13.7. The van der Waals surface area contributed by atoms with Crippen LogP contribution in [-0.2, 0) is 6.54 Å². The summed E-state index contributed by atoms with van der Waals surface area (Å²) in [6.07, 6.45) is 0. The molecule has 2 aromatic rings. The molecule has 18 heavy (non-hydrogen) atoms. The highest BCUT2D eigenvalue weighted by Gasteiger charge is 2.14. The largest absolute Gasteiger partial charge is 0.326 e. The summed E-state index contributed by atoms with van der Waals surface area (Å²) in [5, 5.41) is 0.469. The van der Waals surface area contributed by atoms with Crippen LogP contribution in [0.4, 0.5) is 4.39 Å². The summed E-state index contributed by atoms with van der Waals surface area (Å²) in [6.45, 7) is 0.429. The van der Waals surface area contributed by atoms with Crippen molar-refractivity contribution in [3.8, 4) is 0 Å². The van der Waals surface area contributed by atoms with E-state index in [-0.39, 0.29) is 5.82 Å². The number of rotatable bonds is 3. The van der Waals surface area contributed by atoms with Gasteiger partial charge in [-0.15, -0.1) is 0 Å². The number of halogens is 2. The highest BCUT2D eigenvalue weighted by molar-refractivity contribution is 6.30. The number of hydrogen-bond donors (Lipinski definition) is 2. The van der Waals surface area contributed by atoms with Crippen molar-refractivity contribution in [3.63, 3.8) is 0 Å². The maximum Gasteiger partial charge on any atom is 0.128 e. The third-order valence-electron chi connectivity index (χ3n) is 2.84. The van der Waals surface area contributed by atoms with Gasteiger partial charge in [-0.1, -0.05) is 35.9 Å². The lowest BCUT2D eigenvalue weighted by atomic mass is 9.97. The van der Waals surface area contributed by atoms with Crippen molar-refractivity contribution < 1.29 is 4.39 Å². The minimum atomic E-state index is -0.546.